The summed E-state index contributed by atoms with van der Waals surface area (Å²) in [5.74, 6) is 0.545. The minimum absolute atomic E-state index is 0.0894. The largest absolute Gasteiger partial charge is 0.354 e. The second-order valence-corrected chi connectivity index (χ2v) is 8.45. The molecule has 1 aliphatic rings. The van der Waals surface area contributed by atoms with E-state index in [1.165, 1.54) is 0 Å². The van der Waals surface area contributed by atoms with Crippen molar-refractivity contribution in [2.75, 3.05) is 58.3 Å². The van der Waals surface area contributed by atoms with Gasteiger partial charge in [-0.2, -0.15) is 11.8 Å². The van der Waals surface area contributed by atoms with Gasteiger partial charge >= 0.3 is 0 Å². The molecule has 0 bridgehead atoms. The van der Waals surface area contributed by atoms with E-state index in [4.69, 9.17) is 0 Å². The molecule has 1 aromatic carbocycles. The third-order valence-electron chi connectivity index (χ3n) is 5.06. The normalized spacial score (nSPS) is 16.5. The SMILES string of the molecule is CSCCC(NC(=O)c1cccc(C)c1)C(=O)NCCCN1CCN(C)CC1. The Morgan fingerprint density at radius 2 is 1.96 bits per heavy atom. The lowest BCUT2D eigenvalue weighted by Gasteiger charge is -2.32. The average molecular weight is 407 g/mol. The Labute approximate surface area is 173 Å². The average Bonchev–Trinajstić information content (AvgIpc) is 2.69. The van der Waals surface area contributed by atoms with Crippen molar-refractivity contribution in [2.24, 2.45) is 0 Å². The number of thioether (sulfide) groups is 1. The van der Waals surface area contributed by atoms with Crippen LogP contribution in [0.25, 0.3) is 0 Å². The van der Waals surface area contributed by atoms with Gasteiger partial charge in [0.05, 0.1) is 0 Å². The second-order valence-electron chi connectivity index (χ2n) is 7.47. The Morgan fingerprint density at radius 1 is 1.21 bits per heavy atom. The minimum atomic E-state index is -0.496. The molecule has 1 aliphatic heterocycles. The molecule has 2 amide bonds. The zero-order chi connectivity index (χ0) is 20.4. The molecule has 1 saturated heterocycles. The molecule has 1 fully saturated rings. The summed E-state index contributed by atoms with van der Waals surface area (Å²) in [6, 6.07) is 6.94. The lowest BCUT2D eigenvalue weighted by atomic mass is 10.1. The van der Waals surface area contributed by atoms with Crippen molar-refractivity contribution in [3.05, 3.63) is 35.4 Å². The Morgan fingerprint density at radius 3 is 2.64 bits per heavy atom. The van der Waals surface area contributed by atoms with Gasteiger partial charge in [-0.05, 0) is 57.5 Å². The van der Waals surface area contributed by atoms with Gasteiger partial charge < -0.3 is 20.4 Å². The van der Waals surface area contributed by atoms with E-state index < -0.39 is 6.04 Å². The van der Waals surface area contributed by atoms with E-state index in [1.807, 2.05) is 31.4 Å². The van der Waals surface area contributed by atoms with Gasteiger partial charge in [0.2, 0.25) is 5.91 Å². The Balaban J connectivity index is 1.78. The molecule has 7 heteroatoms. The van der Waals surface area contributed by atoms with Crippen LogP contribution in [0.3, 0.4) is 0 Å². The van der Waals surface area contributed by atoms with E-state index >= 15 is 0 Å². The molecule has 1 atom stereocenters. The lowest BCUT2D eigenvalue weighted by Crippen LogP contribution is -2.48. The van der Waals surface area contributed by atoms with Crippen molar-refractivity contribution in [3.63, 3.8) is 0 Å². The minimum Gasteiger partial charge on any atom is -0.354 e. The number of carbonyl (C=O) groups is 2. The molecule has 1 unspecified atom stereocenters. The quantitative estimate of drug-likeness (QED) is 0.578. The number of benzene rings is 1. The number of aryl methyl sites for hydroxylation is 1. The second kappa shape index (κ2) is 12.1. The summed E-state index contributed by atoms with van der Waals surface area (Å²) in [4.78, 5) is 29.9. The standard InChI is InChI=1S/C21H34N4O2S/c1-17-6-4-7-18(16-17)20(26)23-19(8-15-28-3)21(27)22-9-5-10-25-13-11-24(2)12-14-25/h4,6-7,16,19H,5,8-15H2,1-3H3,(H,22,27)(H,23,26). The third-order valence-corrected chi connectivity index (χ3v) is 5.70. The summed E-state index contributed by atoms with van der Waals surface area (Å²) in [6.45, 7) is 7.98. The van der Waals surface area contributed by atoms with Gasteiger partial charge in [-0.25, -0.2) is 0 Å². The van der Waals surface area contributed by atoms with Crippen molar-refractivity contribution in [1.82, 2.24) is 20.4 Å². The maximum absolute atomic E-state index is 12.6. The molecular weight excluding hydrogens is 372 g/mol. The summed E-state index contributed by atoms with van der Waals surface area (Å²) in [6.07, 6.45) is 3.56. The number of hydrogen-bond donors (Lipinski definition) is 2. The molecule has 0 spiro atoms. The maximum atomic E-state index is 12.6. The van der Waals surface area contributed by atoms with Crippen LogP contribution in [0.5, 0.6) is 0 Å². The molecule has 6 nitrogen and oxygen atoms in total. The molecule has 1 aromatic rings. The van der Waals surface area contributed by atoms with Crippen LogP contribution >= 0.6 is 11.8 Å². The van der Waals surface area contributed by atoms with Gasteiger partial charge in [0, 0.05) is 38.3 Å². The highest BCUT2D eigenvalue weighted by atomic mass is 32.2. The molecule has 0 aromatic heterocycles. The topological polar surface area (TPSA) is 64.7 Å². The Hall–Kier alpha value is -1.57. The molecule has 2 N–H and O–H groups in total. The highest BCUT2D eigenvalue weighted by Crippen LogP contribution is 2.07. The first-order valence-electron chi connectivity index (χ1n) is 10.0. The zero-order valence-corrected chi connectivity index (χ0v) is 18.2. The highest BCUT2D eigenvalue weighted by molar-refractivity contribution is 7.98. The summed E-state index contributed by atoms with van der Waals surface area (Å²) >= 11 is 1.68. The number of nitrogens with zero attached hydrogens (tertiary/aromatic N) is 2. The first kappa shape index (κ1) is 22.7. The summed E-state index contributed by atoms with van der Waals surface area (Å²) in [5, 5.41) is 5.92. The fraction of sp³-hybridized carbons (Fsp3) is 0.619. The maximum Gasteiger partial charge on any atom is 0.251 e. The first-order chi connectivity index (χ1) is 13.5. The van der Waals surface area contributed by atoms with Gasteiger partial charge in [0.15, 0.2) is 0 Å². The number of carbonyl (C=O) groups excluding carboxylic acids is 2. The number of likely N-dealkylation sites (N-methyl/N-ethyl adjacent to an activating group) is 1. The van der Waals surface area contributed by atoms with Crippen LogP contribution in [0.2, 0.25) is 0 Å². The predicted molar refractivity (Wildman–Crippen MR) is 117 cm³/mol. The van der Waals surface area contributed by atoms with Crippen LogP contribution in [0, 0.1) is 6.92 Å². The Kier molecular flexibility index (Phi) is 9.81. The molecule has 0 saturated carbocycles. The molecule has 1 heterocycles. The van der Waals surface area contributed by atoms with Gasteiger partial charge in [-0.3, -0.25) is 9.59 Å². The summed E-state index contributed by atoms with van der Waals surface area (Å²) < 4.78 is 0. The van der Waals surface area contributed by atoms with Crippen molar-refractivity contribution >= 4 is 23.6 Å². The molecule has 156 valence electrons. The van der Waals surface area contributed by atoms with Gasteiger partial charge in [-0.1, -0.05) is 17.7 Å². The van der Waals surface area contributed by atoms with E-state index in [-0.39, 0.29) is 11.8 Å². The summed E-state index contributed by atoms with van der Waals surface area (Å²) in [5.41, 5.74) is 1.62. The van der Waals surface area contributed by atoms with Gasteiger partial charge in [-0.15, -0.1) is 0 Å². The van der Waals surface area contributed by atoms with Crippen LogP contribution in [-0.2, 0) is 4.79 Å². The highest BCUT2D eigenvalue weighted by Gasteiger charge is 2.21. The van der Waals surface area contributed by atoms with Gasteiger partial charge in [0.25, 0.3) is 5.91 Å². The lowest BCUT2D eigenvalue weighted by molar-refractivity contribution is -0.123. The van der Waals surface area contributed by atoms with Crippen molar-refractivity contribution in [2.45, 2.75) is 25.8 Å². The molecule has 2 rings (SSSR count). The van der Waals surface area contributed by atoms with Crippen LogP contribution in [0.4, 0.5) is 0 Å². The zero-order valence-electron chi connectivity index (χ0n) is 17.4. The predicted octanol–water partition coefficient (Wildman–Crippen LogP) is 1.60. The molecule has 28 heavy (non-hydrogen) atoms. The molecule has 0 aliphatic carbocycles. The summed E-state index contributed by atoms with van der Waals surface area (Å²) in [7, 11) is 2.15. The fourth-order valence-corrected chi connectivity index (χ4v) is 3.71. The van der Waals surface area contributed by atoms with Crippen LogP contribution < -0.4 is 10.6 Å². The van der Waals surface area contributed by atoms with Crippen molar-refractivity contribution in [1.29, 1.82) is 0 Å². The monoisotopic (exact) mass is 406 g/mol. The van der Waals surface area contributed by atoms with Crippen LogP contribution in [-0.4, -0.2) is 86.0 Å². The van der Waals surface area contributed by atoms with E-state index in [2.05, 4.69) is 27.5 Å². The first-order valence-corrected chi connectivity index (χ1v) is 11.4. The molecule has 0 radical (unpaired) electrons. The number of rotatable bonds is 10. The van der Waals surface area contributed by atoms with Crippen molar-refractivity contribution < 1.29 is 9.59 Å². The fourth-order valence-electron chi connectivity index (χ4n) is 3.24. The van der Waals surface area contributed by atoms with Crippen LogP contribution in [0.15, 0.2) is 24.3 Å². The van der Waals surface area contributed by atoms with Gasteiger partial charge in [0.1, 0.15) is 6.04 Å². The molecular formula is C21H34N4O2S. The number of piperazine rings is 1. The third kappa shape index (κ3) is 7.81. The smallest absolute Gasteiger partial charge is 0.251 e. The van der Waals surface area contributed by atoms with E-state index in [1.54, 1.807) is 17.8 Å². The Bertz CT molecular complexity index is 633. The van der Waals surface area contributed by atoms with E-state index in [0.29, 0.717) is 18.5 Å². The van der Waals surface area contributed by atoms with E-state index in [0.717, 1.165) is 50.5 Å². The number of nitrogens with one attached hydrogen (secondary N) is 2. The number of amides is 2. The number of hydrogen-bond acceptors (Lipinski definition) is 5. The van der Waals surface area contributed by atoms with Crippen molar-refractivity contribution in [3.8, 4) is 0 Å². The van der Waals surface area contributed by atoms with Crippen LogP contribution in [0.1, 0.15) is 28.8 Å². The van der Waals surface area contributed by atoms with E-state index in [9.17, 15) is 9.59 Å².